The Labute approximate surface area is 113 Å². The van der Waals surface area contributed by atoms with Crippen molar-refractivity contribution in [3.05, 3.63) is 70.8 Å². The maximum atomic E-state index is 12.3. The number of aryl methyl sites for hydroxylation is 2. The Balaban J connectivity index is 2.22. The first-order valence-electron chi connectivity index (χ1n) is 6.68. The van der Waals surface area contributed by atoms with Gasteiger partial charge in [-0.1, -0.05) is 48.5 Å². The normalized spacial score (nSPS) is 14.2. The van der Waals surface area contributed by atoms with Gasteiger partial charge in [-0.2, -0.15) is 0 Å². The van der Waals surface area contributed by atoms with E-state index in [1.54, 1.807) is 7.05 Å². The van der Waals surface area contributed by atoms with Gasteiger partial charge in [0, 0.05) is 7.05 Å². The first-order valence-corrected chi connectivity index (χ1v) is 6.68. The number of benzene rings is 2. The molecule has 0 unspecified atom stereocenters. The maximum absolute atomic E-state index is 12.3. The Morgan fingerprint density at radius 3 is 1.89 bits per heavy atom. The van der Waals surface area contributed by atoms with E-state index >= 15 is 0 Å². The van der Waals surface area contributed by atoms with E-state index in [0.29, 0.717) is 0 Å². The minimum atomic E-state index is -0.181. The Bertz CT molecular complexity index is 571. The van der Waals surface area contributed by atoms with Gasteiger partial charge < -0.3 is 5.32 Å². The third kappa shape index (κ3) is 2.03. The molecular weight excluding hydrogens is 234 g/mol. The molecule has 96 valence electrons. The predicted octanol–water partition coefficient (Wildman–Crippen LogP) is 2.66. The zero-order chi connectivity index (χ0) is 13.2. The van der Waals surface area contributed by atoms with E-state index < -0.39 is 0 Å². The highest BCUT2D eigenvalue weighted by molar-refractivity contribution is 5.88. The molecular formula is C17H17NO. The van der Waals surface area contributed by atoms with Crippen molar-refractivity contribution in [1.82, 2.24) is 5.32 Å². The van der Waals surface area contributed by atoms with Gasteiger partial charge in [0.15, 0.2) is 0 Å². The molecule has 0 bridgehead atoms. The summed E-state index contributed by atoms with van der Waals surface area (Å²) < 4.78 is 0. The molecule has 0 atom stereocenters. The van der Waals surface area contributed by atoms with Crippen LogP contribution in [-0.2, 0) is 17.6 Å². The number of likely N-dealkylation sites (N-methyl/N-ethyl adjacent to an activating group) is 1. The van der Waals surface area contributed by atoms with Crippen molar-refractivity contribution in [3.8, 4) is 0 Å². The van der Waals surface area contributed by atoms with Crippen LogP contribution < -0.4 is 5.32 Å². The van der Waals surface area contributed by atoms with Crippen LogP contribution in [0.2, 0.25) is 0 Å². The fraction of sp³-hybridized carbons (Fsp3) is 0.235. The topological polar surface area (TPSA) is 29.1 Å². The molecule has 0 saturated carbocycles. The van der Waals surface area contributed by atoms with Crippen molar-refractivity contribution in [1.29, 1.82) is 0 Å². The molecule has 0 fully saturated rings. The summed E-state index contributed by atoms with van der Waals surface area (Å²) >= 11 is 0. The molecule has 2 heteroatoms. The highest BCUT2D eigenvalue weighted by Gasteiger charge is 2.28. The highest BCUT2D eigenvalue weighted by atomic mass is 16.1. The van der Waals surface area contributed by atoms with Crippen LogP contribution in [0.4, 0.5) is 0 Å². The second-order valence-corrected chi connectivity index (χ2v) is 4.94. The smallest absolute Gasteiger partial charge is 0.231 e. The number of fused-ring (bicyclic) bond motifs is 2. The highest BCUT2D eigenvalue weighted by Crippen LogP contribution is 2.34. The molecule has 0 aromatic heterocycles. The van der Waals surface area contributed by atoms with Crippen LogP contribution in [-0.4, -0.2) is 13.0 Å². The molecule has 0 aliphatic heterocycles. The van der Waals surface area contributed by atoms with Gasteiger partial charge in [-0.3, -0.25) is 4.79 Å². The summed E-state index contributed by atoms with van der Waals surface area (Å²) in [6.07, 6.45) is 2.00. The number of hydrogen-bond acceptors (Lipinski definition) is 1. The van der Waals surface area contributed by atoms with Gasteiger partial charge in [0.25, 0.3) is 0 Å². The molecule has 0 radical (unpaired) electrons. The molecule has 3 rings (SSSR count). The zero-order valence-electron chi connectivity index (χ0n) is 11.0. The predicted molar refractivity (Wildman–Crippen MR) is 76.2 cm³/mol. The third-order valence-corrected chi connectivity index (χ3v) is 3.90. The number of carbonyl (C=O) groups is 1. The fourth-order valence-electron chi connectivity index (χ4n) is 2.95. The fourth-order valence-corrected chi connectivity index (χ4v) is 2.95. The lowest BCUT2D eigenvalue weighted by Gasteiger charge is -2.18. The van der Waals surface area contributed by atoms with Gasteiger partial charge in [0.1, 0.15) is 0 Å². The minimum absolute atomic E-state index is 0.0711. The van der Waals surface area contributed by atoms with E-state index in [2.05, 4.69) is 41.7 Å². The largest absolute Gasteiger partial charge is 0.358 e. The quantitative estimate of drug-likeness (QED) is 0.829. The van der Waals surface area contributed by atoms with Crippen molar-refractivity contribution in [3.63, 3.8) is 0 Å². The second kappa shape index (κ2) is 4.88. The number of carbonyl (C=O) groups excluding carboxylic acids is 1. The molecule has 19 heavy (non-hydrogen) atoms. The van der Waals surface area contributed by atoms with Gasteiger partial charge in [-0.15, -0.1) is 0 Å². The molecule has 2 aromatic rings. The van der Waals surface area contributed by atoms with Crippen molar-refractivity contribution in [2.45, 2.75) is 18.8 Å². The number of amides is 1. The molecule has 2 aromatic carbocycles. The van der Waals surface area contributed by atoms with Crippen LogP contribution in [0, 0.1) is 0 Å². The van der Waals surface area contributed by atoms with Crippen LogP contribution in [0.5, 0.6) is 0 Å². The van der Waals surface area contributed by atoms with E-state index in [-0.39, 0.29) is 11.8 Å². The van der Waals surface area contributed by atoms with E-state index in [1.807, 2.05) is 12.1 Å². The minimum Gasteiger partial charge on any atom is -0.358 e. The van der Waals surface area contributed by atoms with Crippen LogP contribution in [0.15, 0.2) is 48.5 Å². The number of rotatable bonds is 1. The maximum Gasteiger partial charge on any atom is 0.231 e. The summed E-state index contributed by atoms with van der Waals surface area (Å²) in [4.78, 5) is 12.3. The van der Waals surface area contributed by atoms with Crippen LogP contribution in [0.25, 0.3) is 0 Å². The van der Waals surface area contributed by atoms with Gasteiger partial charge in [0.2, 0.25) is 5.91 Å². The summed E-state index contributed by atoms with van der Waals surface area (Å²) in [6, 6.07) is 16.6. The molecule has 2 nitrogen and oxygen atoms in total. The summed E-state index contributed by atoms with van der Waals surface area (Å²) in [5.74, 6) is -0.110. The zero-order valence-corrected chi connectivity index (χ0v) is 11.0. The molecule has 0 saturated heterocycles. The Morgan fingerprint density at radius 1 is 0.947 bits per heavy atom. The van der Waals surface area contributed by atoms with Crippen molar-refractivity contribution < 1.29 is 4.79 Å². The Kier molecular flexibility index (Phi) is 3.08. The molecule has 1 N–H and O–H groups in total. The summed E-state index contributed by atoms with van der Waals surface area (Å²) in [5.41, 5.74) is 4.86. The second-order valence-electron chi connectivity index (χ2n) is 4.94. The van der Waals surface area contributed by atoms with E-state index in [1.165, 1.54) is 11.1 Å². The monoisotopic (exact) mass is 251 g/mol. The molecule has 0 spiro atoms. The third-order valence-electron chi connectivity index (χ3n) is 3.90. The molecule has 1 aliphatic carbocycles. The molecule has 1 aliphatic rings. The van der Waals surface area contributed by atoms with Gasteiger partial charge in [0.05, 0.1) is 5.92 Å². The van der Waals surface area contributed by atoms with Crippen molar-refractivity contribution in [2.24, 2.45) is 0 Å². The Hall–Kier alpha value is -2.09. The lowest BCUT2D eigenvalue weighted by atomic mass is 9.87. The molecule has 1 amide bonds. The number of hydrogen-bond donors (Lipinski definition) is 1. The standard InChI is InChI=1S/C17H17NO/c1-18-17(19)16-14-8-4-2-6-12(14)10-11-13-7-3-5-9-15(13)16/h2-9,16H,10-11H2,1H3,(H,18,19). The van der Waals surface area contributed by atoms with Crippen molar-refractivity contribution >= 4 is 5.91 Å². The SMILES string of the molecule is CNC(=O)C1c2ccccc2CCc2ccccc21. The first kappa shape index (κ1) is 12.0. The molecule has 0 heterocycles. The number of nitrogens with one attached hydrogen (secondary N) is 1. The average molecular weight is 251 g/mol. The van der Waals surface area contributed by atoms with Crippen LogP contribution >= 0.6 is 0 Å². The summed E-state index contributed by atoms with van der Waals surface area (Å²) in [5, 5.41) is 2.81. The first-order chi connectivity index (χ1) is 9.31. The van der Waals surface area contributed by atoms with Gasteiger partial charge in [-0.25, -0.2) is 0 Å². The van der Waals surface area contributed by atoms with E-state index in [0.717, 1.165) is 24.0 Å². The van der Waals surface area contributed by atoms with Crippen LogP contribution in [0.3, 0.4) is 0 Å². The summed E-state index contributed by atoms with van der Waals surface area (Å²) in [7, 11) is 1.71. The average Bonchev–Trinajstić information content (AvgIpc) is 2.63. The summed E-state index contributed by atoms with van der Waals surface area (Å²) in [6.45, 7) is 0. The van der Waals surface area contributed by atoms with E-state index in [9.17, 15) is 4.79 Å². The van der Waals surface area contributed by atoms with Crippen LogP contribution in [0.1, 0.15) is 28.2 Å². The van der Waals surface area contributed by atoms with E-state index in [4.69, 9.17) is 0 Å². The Morgan fingerprint density at radius 2 is 1.42 bits per heavy atom. The lowest BCUT2D eigenvalue weighted by Crippen LogP contribution is -2.27. The lowest BCUT2D eigenvalue weighted by molar-refractivity contribution is -0.121. The van der Waals surface area contributed by atoms with Gasteiger partial charge in [-0.05, 0) is 35.1 Å². The van der Waals surface area contributed by atoms with Crippen molar-refractivity contribution in [2.75, 3.05) is 7.05 Å². The van der Waals surface area contributed by atoms with Gasteiger partial charge >= 0.3 is 0 Å².